The molecule has 0 spiro atoms. The lowest BCUT2D eigenvalue weighted by Gasteiger charge is -2.38. The van der Waals surface area contributed by atoms with Crippen molar-refractivity contribution in [3.05, 3.63) is 0 Å². The minimum Gasteiger partial charge on any atom is -0.342 e. The van der Waals surface area contributed by atoms with Gasteiger partial charge in [-0.1, -0.05) is 26.2 Å². The topological polar surface area (TPSA) is 43.9 Å². The third kappa shape index (κ3) is 6.52. The van der Waals surface area contributed by atoms with Gasteiger partial charge in [0.05, 0.1) is 0 Å². The highest BCUT2D eigenvalue weighted by Crippen LogP contribution is 2.33. The Bertz CT molecular complexity index is 522. The van der Waals surface area contributed by atoms with Crippen LogP contribution in [-0.2, 0) is 9.59 Å². The lowest BCUT2D eigenvalue weighted by Crippen LogP contribution is -2.48. The standard InChI is InChI=1S/C24H43N3O2/c1-3-4-12-25-16-18-26(19-17-25)13-9-21-10-14-27(15-11-21)24(29)23-8-6-5-7-22(23)20(2)28/h21-23H,3-19H2,1-2H3. The third-order valence-electron chi connectivity index (χ3n) is 7.68. The molecule has 1 saturated carbocycles. The normalized spacial score (nSPS) is 27.9. The van der Waals surface area contributed by atoms with E-state index in [-0.39, 0.29) is 23.5 Å². The highest BCUT2D eigenvalue weighted by molar-refractivity contribution is 5.87. The molecule has 29 heavy (non-hydrogen) atoms. The fourth-order valence-corrected chi connectivity index (χ4v) is 5.57. The van der Waals surface area contributed by atoms with Gasteiger partial charge in [-0.3, -0.25) is 9.59 Å². The predicted molar refractivity (Wildman–Crippen MR) is 118 cm³/mol. The Balaban J connectivity index is 1.35. The van der Waals surface area contributed by atoms with Gasteiger partial charge in [0.25, 0.3) is 0 Å². The van der Waals surface area contributed by atoms with Crippen molar-refractivity contribution in [1.82, 2.24) is 14.7 Å². The fourth-order valence-electron chi connectivity index (χ4n) is 5.57. The van der Waals surface area contributed by atoms with Gasteiger partial charge in [0.15, 0.2) is 0 Å². The number of piperazine rings is 1. The van der Waals surface area contributed by atoms with Crippen molar-refractivity contribution < 1.29 is 9.59 Å². The molecule has 2 unspecified atom stereocenters. The number of piperidine rings is 1. The first kappa shape index (κ1) is 22.7. The maximum atomic E-state index is 13.0. The lowest BCUT2D eigenvalue weighted by molar-refractivity contribution is -0.143. The summed E-state index contributed by atoms with van der Waals surface area (Å²) in [5, 5.41) is 0. The van der Waals surface area contributed by atoms with Crippen molar-refractivity contribution in [2.45, 2.75) is 71.6 Å². The van der Waals surface area contributed by atoms with E-state index in [1.165, 1.54) is 58.5 Å². The first-order valence-corrected chi connectivity index (χ1v) is 12.3. The second-order valence-corrected chi connectivity index (χ2v) is 9.70. The van der Waals surface area contributed by atoms with Crippen molar-refractivity contribution >= 4 is 11.7 Å². The number of rotatable bonds is 8. The van der Waals surface area contributed by atoms with Crippen LogP contribution in [0.2, 0.25) is 0 Å². The Kier molecular flexibility index (Phi) is 8.98. The van der Waals surface area contributed by atoms with Gasteiger partial charge in [0.1, 0.15) is 5.78 Å². The first-order chi connectivity index (χ1) is 14.1. The van der Waals surface area contributed by atoms with Crippen LogP contribution in [0.25, 0.3) is 0 Å². The minimum atomic E-state index is -0.0400. The molecule has 2 atom stereocenters. The zero-order valence-corrected chi connectivity index (χ0v) is 18.9. The minimum absolute atomic E-state index is 0.0232. The molecular formula is C24H43N3O2. The van der Waals surface area contributed by atoms with E-state index >= 15 is 0 Å². The molecule has 2 aliphatic heterocycles. The van der Waals surface area contributed by atoms with Crippen LogP contribution in [0.5, 0.6) is 0 Å². The van der Waals surface area contributed by atoms with E-state index in [9.17, 15) is 9.59 Å². The number of likely N-dealkylation sites (tertiary alicyclic amines) is 1. The molecule has 0 radical (unpaired) electrons. The highest BCUT2D eigenvalue weighted by atomic mass is 16.2. The van der Waals surface area contributed by atoms with Crippen LogP contribution >= 0.6 is 0 Å². The van der Waals surface area contributed by atoms with E-state index in [1.54, 1.807) is 6.92 Å². The van der Waals surface area contributed by atoms with Crippen LogP contribution < -0.4 is 0 Å². The molecule has 5 heteroatoms. The summed E-state index contributed by atoms with van der Waals surface area (Å²) in [4.78, 5) is 32.4. The Morgan fingerprint density at radius 3 is 1.97 bits per heavy atom. The van der Waals surface area contributed by atoms with Crippen LogP contribution in [0.15, 0.2) is 0 Å². The first-order valence-electron chi connectivity index (χ1n) is 12.3. The quantitative estimate of drug-likeness (QED) is 0.621. The van der Waals surface area contributed by atoms with E-state index in [2.05, 4.69) is 21.6 Å². The molecule has 166 valence electrons. The van der Waals surface area contributed by atoms with Crippen molar-refractivity contribution in [3.8, 4) is 0 Å². The molecule has 2 heterocycles. The van der Waals surface area contributed by atoms with E-state index in [1.807, 2.05) is 0 Å². The van der Waals surface area contributed by atoms with Crippen molar-refractivity contribution in [3.63, 3.8) is 0 Å². The van der Waals surface area contributed by atoms with Gasteiger partial charge in [0.2, 0.25) is 5.91 Å². The molecule has 0 aromatic heterocycles. The van der Waals surface area contributed by atoms with Gasteiger partial charge in [-0.2, -0.15) is 0 Å². The van der Waals surface area contributed by atoms with Gasteiger partial charge >= 0.3 is 0 Å². The van der Waals surface area contributed by atoms with Gasteiger partial charge in [-0.15, -0.1) is 0 Å². The van der Waals surface area contributed by atoms with Crippen molar-refractivity contribution in [2.24, 2.45) is 17.8 Å². The maximum Gasteiger partial charge on any atom is 0.226 e. The van der Waals surface area contributed by atoms with E-state index < -0.39 is 0 Å². The van der Waals surface area contributed by atoms with Gasteiger partial charge in [0, 0.05) is 51.1 Å². The molecule has 3 aliphatic rings. The molecule has 0 bridgehead atoms. The summed E-state index contributed by atoms with van der Waals surface area (Å²) in [6.45, 7) is 13.1. The van der Waals surface area contributed by atoms with Crippen molar-refractivity contribution in [2.75, 3.05) is 52.4 Å². The van der Waals surface area contributed by atoms with E-state index in [4.69, 9.17) is 0 Å². The Labute approximate surface area is 178 Å². The molecule has 5 nitrogen and oxygen atoms in total. The summed E-state index contributed by atoms with van der Waals surface area (Å²) < 4.78 is 0. The number of nitrogens with zero attached hydrogens (tertiary/aromatic N) is 3. The second kappa shape index (κ2) is 11.5. The summed E-state index contributed by atoms with van der Waals surface area (Å²) in [6.07, 6.45) is 10.2. The molecule has 2 saturated heterocycles. The highest BCUT2D eigenvalue weighted by Gasteiger charge is 2.37. The van der Waals surface area contributed by atoms with Crippen LogP contribution in [0.4, 0.5) is 0 Å². The molecule has 0 aromatic rings. The monoisotopic (exact) mass is 405 g/mol. The van der Waals surface area contributed by atoms with Gasteiger partial charge < -0.3 is 14.7 Å². The maximum absolute atomic E-state index is 13.0. The number of Topliss-reactive ketones (excluding diaryl/α,β-unsaturated/α-hetero) is 1. The second-order valence-electron chi connectivity index (χ2n) is 9.70. The van der Waals surface area contributed by atoms with E-state index in [0.29, 0.717) is 0 Å². The number of amides is 1. The predicted octanol–water partition coefficient (Wildman–Crippen LogP) is 3.43. The molecule has 0 N–H and O–H groups in total. The SMILES string of the molecule is CCCCN1CCN(CCC2CCN(C(=O)C3CCCCC3C(C)=O)CC2)CC1. The summed E-state index contributed by atoms with van der Waals surface area (Å²) in [7, 11) is 0. The van der Waals surface area contributed by atoms with E-state index in [0.717, 1.165) is 57.5 Å². The zero-order chi connectivity index (χ0) is 20.6. The van der Waals surface area contributed by atoms with Gasteiger partial charge in [-0.25, -0.2) is 0 Å². The summed E-state index contributed by atoms with van der Waals surface area (Å²) >= 11 is 0. The van der Waals surface area contributed by atoms with Crippen LogP contribution in [-0.4, -0.2) is 78.7 Å². The van der Waals surface area contributed by atoms with Gasteiger partial charge in [-0.05, 0) is 64.5 Å². The van der Waals surface area contributed by atoms with Crippen LogP contribution in [0, 0.1) is 17.8 Å². The number of carbonyl (C=O) groups is 2. The molecule has 1 amide bonds. The summed E-state index contributed by atoms with van der Waals surface area (Å²) in [5.74, 6) is 1.18. The summed E-state index contributed by atoms with van der Waals surface area (Å²) in [6, 6.07) is 0. The number of ketones is 1. The molecule has 3 rings (SSSR count). The molecule has 0 aromatic carbocycles. The lowest BCUT2D eigenvalue weighted by atomic mass is 9.76. The molecule has 3 fully saturated rings. The third-order valence-corrected chi connectivity index (χ3v) is 7.68. The average molecular weight is 406 g/mol. The fraction of sp³-hybridized carbons (Fsp3) is 0.917. The zero-order valence-electron chi connectivity index (χ0n) is 18.9. The van der Waals surface area contributed by atoms with Crippen LogP contribution in [0.3, 0.4) is 0 Å². The largest absolute Gasteiger partial charge is 0.342 e. The van der Waals surface area contributed by atoms with Crippen molar-refractivity contribution in [1.29, 1.82) is 0 Å². The number of carbonyl (C=O) groups excluding carboxylic acids is 2. The number of unbranched alkanes of at least 4 members (excludes halogenated alkanes) is 1. The van der Waals surface area contributed by atoms with Crippen LogP contribution in [0.1, 0.15) is 71.6 Å². The summed E-state index contributed by atoms with van der Waals surface area (Å²) in [5.41, 5.74) is 0. The smallest absolute Gasteiger partial charge is 0.226 e. The number of hydrogen-bond donors (Lipinski definition) is 0. The Morgan fingerprint density at radius 1 is 0.793 bits per heavy atom. The molecular weight excluding hydrogens is 362 g/mol. The number of hydrogen-bond acceptors (Lipinski definition) is 4. The Morgan fingerprint density at radius 2 is 1.38 bits per heavy atom. The average Bonchev–Trinajstić information content (AvgIpc) is 2.77. The molecule has 1 aliphatic carbocycles. The Hall–Kier alpha value is -0.940.